The number of aromatic amines is 1. The molecule has 2 aromatic rings. The third-order valence-electron chi connectivity index (χ3n) is 12.0. The van der Waals surface area contributed by atoms with Crippen LogP contribution in [0, 0.1) is 58.0 Å². The number of fused-ring (bicyclic) bond motifs is 6. The number of hydrogen-bond donors (Lipinski definition) is 4. The maximum absolute atomic E-state index is 14.1. The van der Waals surface area contributed by atoms with Crippen molar-refractivity contribution < 1.29 is 24.1 Å². The van der Waals surface area contributed by atoms with Gasteiger partial charge < -0.3 is 20.3 Å². The van der Waals surface area contributed by atoms with Gasteiger partial charge in [-0.25, -0.2) is 13.8 Å². The minimum absolute atomic E-state index is 0.0533. The van der Waals surface area contributed by atoms with Crippen molar-refractivity contribution in [1.29, 1.82) is 0 Å². The summed E-state index contributed by atoms with van der Waals surface area (Å²) in [4.78, 5) is 7.47. The molecule has 1 heterocycles. The van der Waals surface area contributed by atoms with Crippen molar-refractivity contribution in [3.05, 3.63) is 29.6 Å². The Morgan fingerprint density at radius 1 is 1.05 bits per heavy atom. The van der Waals surface area contributed by atoms with Crippen LogP contribution in [0.2, 0.25) is 0 Å². The van der Waals surface area contributed by atoms with Crippen LogP contribution >= 0.6 is 0 Å². The molecule has 4 aliphatic rings. The van der Waals surface area contributed by atoms with Crippen molar-refractivity contribution in [2.45, 2.75) is 96.9 Å². The van der Waals surface area contributed by atoms with Gasteiger partial charge in [0.1, 0.15) is 11.3 Å². The maximum atomic E-state index is 14.1. The molecular formula is C30H42F2N2O3. The molecule has 7 heteroatoms. The molecule has 0 aliphatic heterocycles. The van der Waals surface area contributed by atoms with E-state index in [-0.39, 0.29) is 40.4 Å². The Kier molecular flexibility index (Phi) is 6.24. The zero-order chi connectivity index (χ0) is 26.3. The second-order valence-electron chi connectivity index (χ2n) is 13.5. The maximum Gasteiger partial charge on any atom is 0.186 e. The number of aryl methyl sites for hydroxylation is 1. The molecule has 4 N–H and O–H groups in total. The molecule has 1 unspecified atom stereocenters. The van der Waals surface area contributed by atoms with Crippen LogP contribution in [-0.2, 0) is 6.42 Å². The van der Waals surface area contributed by atoms with Gasteiger partial charge in [0, 0.05) is 6.42 Å². The fourth-order valence-corrected chi connectivity index (χ4v) is 9.88. The summed E-state index contributed by atoms with van der Waals surface area (Å²) in [6, 6.07) is 2.65. The minimum atomic E-state index is -0.909. The number of rotatable bonds is 4. The highest BCUT2D eigenvalue weighted by Gasteiger charge is 2.65. The molecule has 6 rings (SSSR count). The van der Waals surface area contributed by atoms with Crippen LogP contribution in [0.15, 0.2) is 12.1 Å². The summed E-state index contributed by atoms with van der Waals surface area (Å²) in [6.07, 6.45) is 6.57. The van der Waals surface area contributed by atoms with Gasteiger partial charge in [-0.2, -0.15) is 0 Å². The summed E-state index contributed by atoms with van der Waals surface area (Å²) in [7, 11) is 0. The zero-order valence-electron chi connectivity index (χ0n) is 22.3. The molecule has 11 atom stereocenters. The van der Waals surface area contributed by atoms with E-state index in [2.05, 4.69) is 30.7 Å². The van der Waals surface area contributed by atoms with Crippen molar-refractivity contribution in [3.8, 4) is 0 Å². The molecule has 37 heavy (non-hydrogen) atoms. The standard InChI is InChI=1S/C30H42F2N2O3/c1-15(4-9-25-33-22-8-7-21(31)27(32)28(22)34-25)18-5-6-19-26-20(14-24(37)30(18,19)3)29(2)11-10-17(35)12-16(29)13-23(26)36/h7-8,15-20,23-24,26,35-37H,4-6,9-14H2,1-3H3,(H,33,34)/t15?,16-,17+,18+,19-,20-,23+,24-,26-,29-,30+/m0/s1. The van der Waals surface area contributed by atoms with Crippen LogP contribution in [-0.4, -0.2) is 43.6 Å². The van der Waals surface area contributed by atoms with Crippen molar-refractivity contribution >= 4 is 11.0 Å². The van der Waals surface area contributed by atoms with Crippen LogP contribution in [0.4, 0.5) is 8.78 Å². The monoisotopic (exact) mass is 516 g/mol. The van der Waals surface area contributed by atoms with Crippen molar-refractivity contribution in [2.75, 3.05) is 0 Å². The molecule has 4 saturated carbocycles. The van der Waals surface area contributed by atoms with E-state index in [1.54, 1.807) is 0 Å². The molecule has 4 aliphatic carbocycles. The summed E-state index contributed by atoms with van der Waals surface area (Å²) in [6.45, 7) is 6.87. The zero-order valence-corrected chi connectivity index (χ0v) is 22.3. The number of hydrogen-bond acceptors (Lipinski definition) is 4. The number of imidazole rings is 1. The Balaban J connectivity index is 1.20. The molecule has 5 nitrogen and oxygen atoms in total. The molecule has 0 saturated heterocycles. The summed E-state index contributed by atoms with van der Waals surface area (Å²) < 4.78 is 27.7. The molecule has 204 valence electrons. The number of aromatic nitrogens is 2. The van der Waals surface area contributed by atoms with Gasteiger partial charge in [0.05, 0.1) is 23.8 Å². The van der Waals surface area contributed by atoms with Gasteiger partial charge in [-0.1, -0.05) is 20.8 Å². The van der Waals surface area contributed by atoms with Gasteiger partial charge in [-0.15, -0.1) is 0 Å². The van der Waals surface area contributed by atoms with Gasteiger partial charge in [0.2, 0.25) is 0 Å². The van der Waals surface area contributed by atoms with E-state index in [0.717, 1.165) is 57.4 Å². The normalized spacial score (nSPS) is 44.3. The molecule has 0 radical (unpaired) electrons. The van der Waals surface area contributed by atoms with Crippen LogP contribution in [0.25, 0.3) is 11.0 Å². The summed E-state index contributed by atoms with van der Waals surface area (Å²) in [5, 5.41) is 33.5. The number of nitrogens with one attached hydrogen (secondary N) is 1. The lowest BCUT2D eigenvalue weighted by molar-refractivity contribution is -0.207. The van der Waals surface area contributed by atoms with Crippen LogP contribution < -0.4 is 0 Å². The molecule has 1 aromatic heterocycles. The Bertz CT molecular complexity index is 1170. The second kappa shape index (κ2) is 8.99. The smallest absolute Gasteiger partial charge is 0.186 e. The first-order chi connectivity index (χ1) is 17.5. The summed E-state index contributed by atoms with van der Waals surface area (Å²) in [5.41, 5.74) is 0.391. The third-order valence-corrected chi connectivity index (χ3v) is 12.0. The van der Waals surface area contributed by atoms with Gasteiger partial charge in [-0.05, 0) is 110 Å². The van der Waals surface area contributed by atoms with Crippen molar-refractivity contribution in [3.63, 3.8) is 0 Å². The topological polar surface area (TPSA) is 89.4 Å². The summed E-state index contributed by atoms with van der Waals surface area (Å²) >= 11 is 0. The number of nitrogens with zero attached hydrogens (tertiary/aromatic N) is 1. The average molecular weight is 517 g/mol. The minimum Gasteiger partial charge on any atom is -0.393 e. The average Bonchev–Trinajstić information content (AvgIpc) is 3.44. The number of aliphatic hydroxyl groups is 3. The van der Waals surface area contributed by atoms with E-state index in [1.807, 2.05) is 0 Å². The van der Waals surface area contributed by atoms with Gasteiger partial charge in [0.25, 0.3) is 0 Å². The van der Waals surface area contributed by atoms with E-state index < -0.39 is 17.7 Å². The Morgan fingerprint density at radius 3 is 2.62 bits per heavy atom. The largest absolute Gasteiger partial charge is 0.393 e. The lowest BCUT2D eigenvalue weighted by Gasteiger charge is -2.63. The third kappa shape index (κ3) is 3.81. The van der Waals surface area contributed by atoms with E-state index in [0.29, 0.717) is 41.4 Å². The van der Waals surface area contributed by atoms with E-state index >= 15 is 0 Å². The Morgan fingerprint density at radius 2 is 1.84 bits per heavy atom. The number of aliphatic hydroxyl groups excluding tert-OH is 3. The lowest BCUT2D eigenvalue weighted by Crippen LogP contribution is -2.62. The molecule has 4 fully saturated rings. The molecule has 0 amide bonds. The van der Waals surface area contributed by atoms with Gasteiger partial charge in [0.15, 0.2) is 11.6 Å². The fourth-order valence-electron chi connectivity index (χ4n) is 9.88. The number of halogens is 2. The van der Waals surface area contributed by atoms with E-state index in [4.69, 9.17) is 0 Å². The quantitative estimate of drug-likeness (QED) is 0.440. The number of H-pyrrole nitrogens is 1. The highest BCUT2D eigenvalue weighted by Crippen LogP contribution is 2.68. The summed E-state index contributed by atoms with van der Waals surface area (Å²) in [5.74, 6) is 0.631. The van der Waals surface area contributed by atoms with Crippen LogP contribution in [0.1, 0.15) is 78.0 Å². The van der Waals surface area contributed by atoms with Crippen molar-refractivity contribution in [2.24, 2.45) is 46.3 Å². The molecule has 0 bridgehead atoms. The Labute approximate surface area is 218 Å². The molecular weight excluding hydrogens is 474 g/mol. The first-order valence-electron chi connectivity index (χ1n) is 14.4. The van der Waals surface area contributed by atoms with Gasteiger partial charge in [-0.3, -0.25) is 0 Å². The lowest BCUT2D eigenvalue weighted by atomic mass is 9.43. The number of benzene rings is 1. The predicted molar refractivity (Wildman–Crippen MR) is 137 cm³/mol. The Hall–Kier alpha value is -1.57. The van der Waals surface area contributed by atoms with Gasteiger partial charge >= 0.3 is 0 Å². The van der Waals surface area contributed by atoms with Crippen molar-refractivity contribution in [1.82, 2.24) is 9.97 Å². The highest BCUT2D eigenvalue weighted by molar-refractivity contribution is 5.75. The fraction of sp³-hybridized carbons (Fsp3) is 0.767. The highest BCUT2D eigenvalue weighted by atomic mass is 19.2. The van der Waals surface area contributed by atoms with Crippen LogP contribution in [0.5, 0.6) is 0 Å². The second-order valence-corrected chi connectivity index (χ2v) is 13.5. The SMILES string of the molecule is CC(CCc1nc2c(F)c(F)ccc2[nH]1)[C@H]1CC[C@H]2[C@@H]3[C@H](O)C[C@@H]4C[C@H](O)CC[C@]4(C)[C@H]3C[C@H](O)[C@]12C. The predicted octanol–water partition coefficient (Wildman–Crippen LogP) is 5.37. The first-order valence-corrected chi connectivity index (χ1v) is 14.4. The van der Waals surface area contributed by atoms with Crippen LogP contribution in [0.3, 0.4) is 0 Å². The van der Waals surface area contributed by atoms with E-state index in [9.17, 15) is 24.1 Å². The molecule has 0 spiro atoms. The first kappa shape index (κ1) is 25.7. The molecule has 1 aromatic carbocycles. The van der Waals surface area contributed by atoms with E-state index in [1.165, 1.54) is 6.07 Å².